The number of carboxylic acid groups (broad SMARTS) is 1. The fourth-order valence-electron chi connectivity index (χ4n) is 1.82. The lowest BCUT2D eigenvalue weighted by Gasteiger charge is -2.07. The molecule has 2 aromatic carbocycles. The van der Waals surface area contributed by atoms with Crippen LogP contribution in [0.4, 0.5) is 23.2 Å². The van der Waals surface area contributed by atoms with E-state index >= 15 is 0 Å². The molecule has 0 radical (unpaired) electrons. The number of halogens is 5. The van der Waals surface area contributed by atoms with Gasteiger partial charge in [-0.15, -0.1) is 0 Å². The maximum atomic E-state index is 13.5. The summed E-state index contributed by atoms with van der Waals surface area (Å²) in [6, 6.07) is 3.42. The van der Waals surface area contributed by atoms with Gasteiger partial charge in [-0.1, -0.05) is 11.6 Å². The van der Waals surface area contributed by atoms with E-state index in [1.165, 1.54) is 0 Å². The summed E-state index contributed by atoms with van der Waals surface area (Å²) in [6.07, 6.45) is 0.637. The summed E-state index contributed by atoms with van der Waals surface area (Å²) in [5.41, 5.74) is -1.81. The van der Waals surface area contributed by atoms with E-state index in [9.17, 15) is 27.2 Å². The summed E-state index contributed by atoms with van der Waals surface area (Å²) in [5, 5.41) is 10.8. The molecule has 9 heteroatoms. The van der Waals surface area contributed by atoms with Crippen molar-refractivity contribution in [1.29, 1.82) is 0 Å². The molecule has 0 aliphatic heterocycles. The van der Waals surface area contributed by atoms with Crippen LogP contribution in [0.3, 0.4) is 0 Å². The number of Topliss-reactive ketones (excluding diaryl/α,β-unsaturated/α-hetero) is 1. The zero-order valence-electron chi connectivity index (χ0n) is 12.1. The minimum Gasteiger partial charge on any atom is -0.477 e. The van der Waals surface area contributed by atoms with E-state index in [-0.39, 0.29) is 5.69 Å². The average Bonchev–Trinajstić information content (AvgIpc) is 2.52. The number of aliphatic carboxylic acids is 1. The van der Waals surface area contributed by atoms with Crippen LogP contribution in [-0.2, 0) is 4.79 Å². The summed E-state index contributed by atoms with van der Waals surface area (Å²) < 4.78 is 52.7. The number of benzene rings is 2. The largest absolute Gasteiger partial charge is 0.477 e. The van der Waals surface area contributed by atoms with Crippen molar-refractivity contribution in [1.82, 2.24) is 0 Å². The van der Waals surface area contributed by atoms with E-state index < -0.39 is 51.2 Å². The Hall–Kier alpha value is -2.87. The van der Waals surface area contributed by atoms with Gasteiger partial charge in [-0.2, -0.15) is 0 Å². The van der Waals surface area contributed by atoms with Crippen LogP contribution >= 0.6 is 11.6 Å². The molecule has 4 nitrogen and oxygen atoms in total. The first-order valence-electron chi connectivity index (χ1n) is 6.55. The molecule has 0 fully saturated rings. The lowest BCUT2D eigenvalue weighted by Crippen LogP contribution is -2.15. The minimum absolute atomic E-state index is 0.302. The number of carboxylic acids is 1. The second-order valence-corrected chi connectivity index (χ2v) is 5.11. The van der Waals surface area contributed by atoms with E-state index in [4.69, 9.17) is 16.7 Å². The molecule has 2 aromatic rings. The number of ketones is 1. The summed E-state index contributed by atoms with van der Waals surface area (Å²) >= 11 is 5.64. The molecule has 0 aromatic heterocycles. The second-order valence-electron chi connectivity index (χ2n) is 4.71. The number of carbonyl (C=O) groups is 2. The minimum atomic E-state index is -1.72. The topological polar surface area (TPSA) is 66.4 Å². The molecule has 0 bridgehead atoms. The normalized spacial score (nSPS) is 11.3. The van der Waals surface area contributed by atoms with Crippen molar-refractivity contribution in [3.8, 4) is 0 Å². The number of nitrogens with one attached hydrogen (secondary N) is 1. The van der Waals surface area contributed by atoms with Crippen LogP contribution in [0.1, 0.15) is 10.4 Å². The molecule has 0 aliphatic rings. The molecule has 0 amide bonds. The molecule has 130 valence electrons. The van der Waals surface area contributed by atoms with Crippen LogP contribution in [0.2, 0.25) is 5.02 Å². The standard InChI is InChI=1S/C16H8ClF4NO3/c17-10-5-12(20)11(19)4-8(10)15(23)9(16(24)25)6-22-14-2-1-7(18)3-13(14)21/h1-6,22H,(H,24,25). The molecule has 2 N–H and O–H groups in total. The molecular weight excluding hydrogens is 366 g/mol. The maximum absolute atomic E-state index is 13.5. The number of rotatable bonds is 5. The van der Waals surface area contributed by atoms with Crippen molar-refractivity contribution in [3.05, 3.63) is 76.0 Å². The second kappa shape index (κ2) is 7.35. The van der Waals surface area contributed by atoms with Crippen molar-refractivity contribution >= 4 is 29.0 Å². The number of hydrogen-bond acceptors (Lipinski definition) is 3. The summed E-state index contributed by atoms with van der Waals surface area (Å²) in [6.45, 7) is 0. The smallest absolute Gasteiger partial charge is 0.341 e. The van der Waals surface area contributed by atoms with Crippen LogP contribution in [0.25, 0.3) is 0 Å². The Morgan fingerprint density at radius 2 is 1.64 bits per heavy atom. The van der Waals surface area contributed by atoms with E-state index in [0.717, 1.165) is 12.1 Å². The Balaban J connectivity index is 2.39. The molecule has 0 spiro atoms. The molecule has 25 heavy (non-hydrogen) atoms. The van der Waals surface area contributed by atoms with Crippen LogP contribution < -0.4 is 5.32 Å². The molecule has 0 aliphatic carbocycles. The number of hydrogen-bond donors (Lipinski definition) is 2. The van der Waals surface area contributed by atoms with Crippen LogP contribution in [-0.4, -0.2) is 16.9 Å². The predicted octanol–water partition coefficient (Wildman–Crippen LogP) is 4.16. The first-order chi connectivity index (χ1) is 11.7. The highest BCUT2D eigenvalue weighted by Gasteiger charge is 2.23. The first kappa shape index (κ1) is 18.5. The van der Waals surface area contributed by atoms with Crippen LogP contribution in [0, 0.1) is 23.3 Å². The average molecular weight is 374 g/mol. The third kappa shape index (κ3) is 4.16. The molecule has 0 unspecified atom stereocenters. The van der Waals surface area contributed by atoms with E-state index in [2.05, 4.69) is 5.32 Å². The van der Waals surface area contributed by atoms with Gasteiger partial charge in [0.2, 0.25) is 5.78 Å². The highest BCUT2D eigenvalue weighted by atomic mass is 35.5. The van der Waals surface area contributed by atoms with Gasteiger partial charge >= 0.3 is 5.97 Å². The lowest BCUT2D eigenvalue weighted by molar-refractivity contribution is -0.132. The fourth-order valence-corrected chi connectivity index (χ4v) is 2.06. The Kier molecular flexibility index (Phi) is 5.43. The van der Waals surface area contributed by atoms with Gasteiger partial charge in [0.25, 0.3) is 0 Å². The Morgan fingerprint density at radius 1 is 1.00 bits per heavy atom. The van der Waals surface area contributed by atoms with Crippen molar-refractivity contribution < 1.29 is 32.3 Å². The van der Waals surface area contributed by atoms with Crippen molar-refractivity contribution in [2.45, 2.75) is 0 Å². The highest BCUT2D eigenvalue weighted by Crippen LogP contribution is 2.23. The molecule has 0 saturated carbocycles. The molecule has 0 saturated heterocycles. The fraction of sp³-hybridized carbons (Fsp3) is 0. The Labute approximate surface area is 143 Å². The van der Waals surface area contributed by atoms with Crippen molar-refractivity contribution in [2.75, 3.05) is 5.32 Å². The van der Waals surface area contributed by atoms with Gasteiger partial charge in [0, 0.05) is 17.8 Å². The third-order valence-corrected chi connectivity index (χ3v) is 3.35. The molecule has 0 atom stereocenters. The van der Waals surface area contributed by atoms with E-state index in [1.54, 1.807) is 0 Å². The highest BCUT2D eigenvalue weighted by molar-refractivity contribution is 6.36. The SMILES string of the molecule is O=C(O)C(=CNc1ccc(F)cc1F)C(=O)c1cc(F)c(F)cc1Cl. The number of anilines is 1. The van der Waals surface area contributed by atoms with E-state index in [1.807, 2.05) is 0 Å². The van der Waals surface area contributed by atoms with Crippen molar-refractivity contribution in [3.63, 3.8) is 0 Å². The summed E-state index contributed by atoms with van der Waals surface area (Å²) in [5.74, 6) is -7.54. The first-order valence-corrected chi connectivity index (χ1v) is 6.92. The molecular formula is C16H8ClF4NO3. The monoisotopic (exact) mass is 373 g/mol. The Morgan fingerprint density at radius 3 is 2.24 bits per heavy atom. The Bertz CT molecular complexity index is 899. The zero-order chi connectivity index (χ0) is 18.7. The maximum Gasteiger partial charge on any atom is 0.341 e. The van der Waals surface area contributed by atoms with Gasteiger partial charge < -0.3 is 10.4 Å². The predicted molar refractivity (Wildman–Crippen MR) is 81.4 cm³/mol. The van der Waals surface area contributed by atoms with Crippen LogP contribution in [0.15, 0.2) is 42.1 Å². The van der Waals surface area contributed by atoms with Gasteiger partial charge in [0.15, 0.2) is 11.6 Å². The van der Waals surface area contributed by atoms with Crippen molar-refractivity contribution in [2.24, 2.45) is 0 Å². The lowest BCUT2D eigenvalue weighted by atomic mass is 10.0. The van der Waals surface area contributed by atoms with Gasteiger partial charge in [-0.25, -0.2) is 22.4 Å². The zero-order valence-corrected chi connectivity index (χ0v) is 12.9. The molecule has 0 heterocycles. The van der Waals surface area contributed by atoms with Gasteiger partial charge in [0.05, 0.1) is 10.7 Å². The summed E-state index contributed by atoms with van der Waals surface area (Å²) in [7, 11) is 0. The third-order valence-electron chi connectivity index (χ3n) is 3.03. The molecule has 2 rings (SSSR count). The quantitative estimate of drug-likeness (QED) is 0.206. The van der Waals surface area contributed by atoms with Gasteiger partial charge in [0.1, 0.15) is 17.2 Å². The van der Waals surface area contributed by atoms with Gasteiger partial charge in [-0.05, 0) is 24.3 Å². The summed E-state index contributed by atoms with van der Waals surface area (Å²) in [4.78, 5) is 23.5. The van der Waals surface area contributed by atoms with E-state index in [0.29, 0.717) is 24.4 Å². The van der Waals surface area contributed by atoms with Crippen LogP contribution in [0.5, 0.6) is 0 Å². The number of carbonyl (C=O) groups excluding carboxylic acids is 1. The van der Waals surface area contributed by atoms with Gasteiger partial charge in [-0.3, -0.25) is 4.79 Å².